The van der Waals surface area contributed by atoms with E-state index < -0.39 is 0 Å². The summed E-state index contributed by atoms with van der Waals surface area (Å²) in [6.07, 6.45) is 0.342. The highest BCUT2D eigenvalue weighted by Gasteiger charge is 2.08. The number of halogens is 1. The second-order valence-corrected chi connectivity index (χ2v) is 5.96. The Labute approximate surface area is 143 Å². The maximum absolute atomic E-state index is 12.2. The second-order valence-electron chi connectivity index (χ2n) is 5.52. The molecule has 122 valence electrons. The van der Waals surface area contributed by atoms with Crippen LogP contribution in [0.3, 0.4) is 0 Å². The number of rotatable bonds is 6. The summed E-state index contributed by atoms with van der Waals surface area (Å²) in [6, 6.07) is 13.5. The number of carbonyl (C=O) groups is 1. The average Bonchev–Trinajstić information content (AvgIpc) is 2.53. The van der Waals surface area contributed by atoms with Gasteiger partial charge < -0.3 is 10.2 Å². The van der Waals surface area contributed by atoms with E-state index in [1.54, 1.807) is 12.1 Å². The molecule has 0 aliphatic rings. The lowest BCUT2D eigenvalue weighted by atomic mass is 10.1. The van der Waals surface area contributed by atoms with Crippen LogP contribution in [-0.2, 0) is 11.2 Å². The van der Waals surface area contributed by atoms with Crippen LogP contribution >= 0.6 is 11.6 Å². The molecule has 1 amide bonds. The molecular weight excluding hydrogens is 308 g/mol. The van der Waals surface area contributed by atoms with E-state index in [2.05, 4.69) is 36.2 Å². The Morgan fingerprint density at radius 1 is 1.09 bits per heavy atom. The van der Waals surface area contributed by atoms with Crippen molar-refractivity contribution in [3.05, 3.63) is 58.6 Å². The minimum atomic E-state index is -0.0222. The molecule has 2 aromatic rings. The van der Waals surface area contributed by atoms with Gasteiger partial charge in [-0.25, -0.2) is 0 Å². The Kier molecular flexibility index (Phi) is 6.05. The van der Waals surface area contributed by atoms with Gasteiger partial charge in [-0.3, -0.25) is 4.79 Å². The van der Waals surface area contributed by atoms with Gasteiger partial charge in [-0.15, -0.1) is 0 Å². The molecule has 2 aromatic carbocycles. The SMILES string of the molecule is CCN(CC)c1ccc(NC(=O)Cc2ccc(Cl)cc2)c(C)c1. The molecule has 0 radical (unpaired) electrons. The Morgan fingerprint density at radius 3 is 2.30 bits per heavy atom. The van der Waals surface area contributed by atoms with Crippen LogP contribution in [0.25, 0.3) is 0 Å². The normalized spacial score (nSPS) is 10.4. The van der Waals surface area contributed by atoms with E-state index >= 15 is 0 Å². The fraction of sp³-hybridized carbons (Fsp3) is 0.316. The molecule has 3 nitrogen and oxygen atoms in total. The quantitative estimate of drug-likeness (QED) is 0.834. The van der Waals surface area contributed by atoms with Crippen molar-refractivity contribution in [1.29, 1.82) is 0 Å². The molecule has 4 heteroatoms. The third-order valence-corrected chi connectivity index (χ3v) is 4.14. The summed E-state index contributed by atoms with van der Waals surface area (Å²) >= 11 is 5.86. The van der Waals surface area contributed by atoms with Crippen LogP contribution in [0.4, 0.5) is 11.4 Å². The first-order valence-corrected chi connectivity index (χ1v) is 8.31. The number of hydrogen-bond donors (Lipinski definition) is 1. The highest BCUT2D eigenvalue weighted by atomic mass is 35.5. The van der Waals surface area contributed by atoms with Gasteiger partial charge in [0.25, 0.3) is 0 Å². The van der Waals surface area contributed by atoms with Gasteiger partial charge in [0.15, 0.2) is 0 Å². The molecule has 0 saturated heterocycles. The van der Waals surface area contributed by atoms with Crippen LogP contribution in [-0.4, -0.2) is 19.0 Å². The van der Waals surface area contributed by atoms with Crippen molar-refractivity contribution >= 4 is 28.9 Å². The molecule has 0 atom stereocenters. The number of anilines is 2. The van der Waals surface area contributed by atoms with E-state index in [0.29, 0.717) is 11.4 Å². The lowest BCUT2D eigenvalue weighted by Crippen LogP contribution is -2.22. The van der Waals surface area contributed by atoms with Crippen molar-refractivity contribution < 1.29 is 4.79 Å². The van der Waals surface area contributed by atoms with Crippen molar-refractivity contribution in [2.24, 2.45) is 0 Å². The van der Waals surface area contributed by atoms with E-state index in [0.717, 1.165) is 29.9 Å². The summed E-state index contributed by atoms with van der Waals surface area (Å²) in [6.45, 7) is 8.24. The minimum absolute atomic E-state index is 0.0222. The summed E-state index contributed by atoms with van der Waals surface area (Å²) in [4.78, 5) is 14.5. The molecule has 0 bridgehead atoms. The van der Waals surface area contributed by atoms with Crippen LogP contribution in [0.5, 0.6) is 0 Å². The zero-order chi connectivity index (χ0) is 16.8. The van der Waals surface area contributed by atoms with Gasteiger partial charge in [0, 0.05) is 29.5 Å². The Hall–Kier alpha value is -2.00. The predicted octanol–water partition coefficient (Wildman–Crippen LogP) is 4.68. The van der Waals surface area contributed by atoms with Crippen molar-refractivity contribution in [2.45, 2.75) is 27.2 Å². The van der Waals surface area contributed by atoms with Gasteiger partial charge in [0.2, 0.25) is 5.91 Å². The van der Waals surface area contributed by atoms with Crippen molar-refractivity contribution in [1.82, 2.24) is 0 Å². The first-order valence-electron chi connectivity index (χ1n) is 7.93. The molecule has 23 heavy (non-hydrogen) atoms. The first kappa shape index (κ1) is 17.4. The van der Waals surface area contributed by atoms with E-state index in [1.165, 1.54) is 5.69 Å². The molecule has 0 aliphatic heterocycles. The number of hydrogen-bond acceptors (Lipinski definition) is 2. The first-order chi connectivity index (χ1) is 11.0. The summed E-state index contributed by atoms with van der Waals surface area (Å²) in [5, 5.41) is 3.66. The Balaban J connectivity index is 2.04. The zero-order valence-corrected chi connectivity index (χ0v) is 14.7. The number of nitrogens with one attached hydrogen (secondary N) is 1. The Morgan fingerprint density at radius 2 is 1.74 bits per heavy atom. The maximum Gasteiger partial charge on any atom is 0.228 e. The number of carbonyl (C=O) groups excluding carboxylic acids is 1. The van der Waals surface area contributed by atoms with Crippen LogP contribution in [0, 0.1) is 6.92 Å². The maximum atomic E-state index is 12.2. The van der Waals surface area contributed by atoms with E-state index in [1.807, 2.05) is 25.1 Å². The molecule has 0 aromatic heterocycles. The number of aryl methyl sites for hydroxylation is 1. The molecule has 2 rings (SSSR count). The topological polar surface area (TPSA) is 32.3 Å². The molecular formula is C19H23ClN2O. The number of amides is 1. The summed E-state index contributed by atoms with van der Waals surface area (Å²) in [5.41, 5.74) is 4.06. The van der Waals surface area contributed by atoms with Gasteiger partial charge >= 0.3 is 0 Å². The highest BCUT2D eigenvalue weighted by molar-refractivity contribution is 6.30. The van der Waals surface area contributed by atoms with Gasteiger partial charge in [-0.05, 0) is 62.2 Å². The number of nitrogens with zero attached hydrogens (tertiary/aromatic N) is 1. The van der Waals surface area contributed by atoms with Crippen LogP contribution in [0.2, 0.25) is 5.02 Å². The average molecular weight is 331 g/mol. The lowest BCUT2D eigenvalue weighted by Gasteiger charge is -2.22. The predicted molar refractivity (Wildman–Crippen MR) is 98.5 cm³/mol. The van der Waals surface area contributed by atoms with Crippen molar-refractivity contribution in [2.75, 3.05) is 23.3 Å². The molecule has 0 fully saturated rings. The van der Waals surface area contributed by atoms with E-state index in [9.17, 15) is 4.79 Å². The number of benzene rings is 2. The summed E-state index contributed by atoms with van der Waals surface area (Å²) < 4.78 is 0. The fourth-order valence-electron chi connectivity index (χ4n) is 2.56. The molecule has 0 aliphatic carbocycles. The lowest BCUT2D eigenvalue weighted by molar-refractivity contribution is -0.115. The monoisotopic (exact) mass is 330 g/mol. The Bertz CT molecular complexity index is 664. The molecule has 1 N–H and O–H groups in total. The van der Waals surface area contributed by atoms with Crippen molar-refractivity contribution in [3.63, 3.8) is 0 Å². The molecule has 0 heterocycles. The van der Waals surface area contributed by atoms with Gasteiger partial charge in [0.05, 0.1) is 6.42 Å². The molecule has 0 spiro atoms. The summed E-state index contributed by atoms with van der Waals surface area (Å²) in [5.74, 6) is -0.0222. The second kappa shape index (κ2) is 8.02. The summed E-state index contributed by atoms with van der Waals surface area (Å²) in [7, 11) is 0. The van der Waals surface area contributed by atoms with Crippen LogP contribution in [0.15, 0.2) is 42.5 Å². The third kappa shape index (κ3) is 4.73. The van der Waals surface area contributed by atoms with E-state index in [4.69, 9.17) is 11.6 Å². The molecule has 0 saturated carbocycles. The van der Waals surface area contributed by atoms with Crippen LogP contribution < -0.4 is 10.2 Å². The van der Waals surface area contributed by atoms with Crippen molar-refractivity contribution in [3.8, 4) is 0 Å². The van der Waals surface area contributed by atoms with Gasteiger partial charge in [0.1, 0.15) is 0 Å². The fourth-order valence-corrected chi connectivity index (χ4v) is 2.68. The minimum Gasteiger partial charge on any atom is -0.372 e. The van der Waals surface area contributed by atoms with Gasteiger partial charge in [-0.1, -0.05) is 23.7 Å². The molecule has 0 unspecified atom stereocenters. The van der Waals surface area contributed by atoms with Crippen LogP contribution in [0.1, 0.15) is 25.0 Å². The largest absolute Gasteiger partial charge is 0.372 e. The smallest absolute Gasteiger partial charge is 0.228 e. The third-order valence-electron chi connectivity index (χ3n) is 3.89. The standard InChI is InChI=1S/C19H23ClN2O/c1-4-22(5-2)17-10-11-18(14(3)12-17)21-19(23)13-15-6-8-16(20)9-7-15/h6-12H,4-5,13H2,1-3H3,(H,21,23). The van der Waals surface area contributed by atoms with E-state index in [-0.39, 0.29) is 5.91 Å². The zero-order valence-electron chi connectivity index (χ0n) is 13.9. The van der Waals surface area contributed by atoms with Gasteiger partial charge in [-0.2, -0.15) is 0 Å². The highest BCUT2D eigenvalue weighted by Crippen LogP contribution is 2.23.